The first-order valence-corrected chi connectivity index (χ1v) is 7.56. The van der Waals surface area contributed by atoms with E-state index in [9.17, 15) is 0 Å². The van der Waals surface area contributed by atoms with E-state index in [2.05, 4.69) is 43.5 Å². The first-order chi connectivity index (χ1) is 9.01. The summed E-state index contributed by atoms with van der Waals surface area (Å²) in [7, 11) is 0. The Labute approximate surface area is 119 Å². The van der Waals surface area contributed by atoms with Crippen LogP contribution < -0.4 is 0 Å². The Kier molecular flexibility index (Phi) is 3.09. The van der Waals surface area contributed by atoms with E-state index < -0.39 is 0 Å². The van der Waals surface area contributed by atoms with Gasteiger partial charge in [-0.1, -0.05) is 19.9 Å². The van der Waals surface area contributed by atoms with Crippen LogP contribution in [0.4, 0.5) is 0 Å². The first kappa shape index (κ1) is 13.0. The van der Waals surface area contributed by atoms with Crippen molar-refractivity contribution in [3.05, 3.63) is 29.6 Å². The summed E-state index contributed by atoms with van der Waals surface area (Å²) in [6.07, 6.45) is 2.17. The summed E-state index contributed by atoms with van der Waals surface area (Å²) in [6, 6.07) is 6.50. The van der Waals surface area contributed by atoms with Crippen molar-refractivity contribution in [2.45, 2.75) is 40.2 Å². The largest absolute Gasteiger partial charge is 0.328 e. The molecule has 19 heavy (non-hydrogen) atoms. The van der Waals surface area contributed by atoms with Gasteiger partial charge >= 0.3 is 0 Å². The molecule has 0 N–H and O–H groups in total. The van der Waals surface area contributed by atoms with Crippen molar-refractivity contribution in [3.8, 4) is 0 Å². The van der Waals surface area contributed by atoms with Crippen LogP contribution in [-0.2, 0) is 13.0 Å². The predicted octanol–water partition coefficient (Wildman–Crippen LogP) is 4.17. The van der Waals surface area contributed by atoms with Gasteiger partial charge in [0.05, 0.1) is 11.0 Å². The van der Waals surface area contributed by atoms with Gasteiger partial charge in [-0.05, 0) is 42.4 Å². The van der Waals surface area contributed by atoms with Gasteiger partial charge in [0, 0.05) is 18.8 Å². The number of nitrogens with zero attached hydrogens (tertiary/aromatic N) is 2. The van der Waals surface area contributed by atoms with Crippen LogP contribution in [0.2, 0.25) is 0 Å². The van der Waals surface area contributed by atoms with Crippen LogP contribution in [0.5, 0.6) is 0 Å². The molecule has 3 heteroatoms. The second-order valence-corrected chi connectivity index (χ2v) is 6.84. The Morgan fingerprint density at radius 2 is 2.16 bits per heavy atom. The Hall–Kier alpha value is -1.02. The van der Waals surface area contributed by atoms with Crippen molar-refractivity contribution in [1.82, 2.24) is 9.55 Å². The van der Waals surface area contributed by atoms with Crippen LogP contribution in [0.25, 0.3) is 11.0 Å². The maximum atomic E-state index is 5.92. The van der Waals surface area contributed by atoms with Gasteiger partial charge in [-0.25, -0.2) is 4.98 Å². The molecule has 1 saturated carbocycles. The molecular weight excluding hydrogens is 256 g/mol. The normalized spacial score (nSPS) is 20.9. The standard InChI is InChI=1S/C16H21ClN2/c1-11-4-5-13-14(8-11)19(15(18-13)6-7-17)10-12-9-16(12,2)3/h4-5,8,12H,6-7,9-10H2,1-3H3. The second kappa shape index (κ2) is 4.52. The average molecular weight is 277 g/mol. The molecule has 3 rings (SSSR count). The van der Waals surface area contributed by atoms with Crippen molar-refractivity contribution in [2.75, 3.05) is 5.88 Å². The highest BCUT2D eigenvalue weighted by Crippen LogP contribution is 2.52. The third-order valence-corrected chi connectivity index (χ3v) is 4.61. The topological polar surface area (TPSA) is 17.8 Å². The number of alkyl halides is 1. The summed E-state index contributed by atoms with van der Waals surface area (Å²) in [5.74, 6) is 2.55. The molecule has 2 aromatic rings. The predicted molar refractivity (Wildman–Crippen MR) is 80.8 cm³/mol. The summed E-state index contributed by atoms with van der Waals surface area (Å²) < 4.78 is 2.39. The van der Waals surface area contributed by atoms with E-state index in [0.29, 0.717) is 11.3 Å². The van der Waals surface area contributed by atoms with E-state index in [4.69, 9.17) is 16.6 Å². The second-order valence-electron chi connectivity index (χ2n) is 6.46. The Morgan fingerprint density at radius 3 is 2.79 bits per heavy atom. The van der Waals surface area contributed by atoms with E-state index >= 15 is 0 Å². The van der Waals surface area contributed by atoms with E-state index in [1.54, 1.807) is 0 Å². The van der Waals surface area contributed by atoms with Gasteiger partial charge in [0.2, 0.25) is 0 Å². The maximum absolute atomic E-state index is 5.92. The zero-order chi connectivity index (χ0) is 13.6. The van der Waals surface area contributed by atoms with Crippen LogP contribution in [0.3, 0.4) is 0 Å². The van der Waals surface area contributed by atoms with Gasteiger partial charge in [-0.3, -0.25) is 0 Å². The van der Waals surface area contributed by atoms with Crippen molar-refractivity contribution in [1.29, 1.82) is 0 Å². The van der Waals surface area contributed by atoms with Crippen molar-refractivity contribution in [3.63, 3.8) is 0 Å². The number of fused-ring (bicyclic) bond motifs is 1. The molecule has 0 bridgehead atoms. The monoisotopic (exact) mass is 276 g/mol. The fourth-order valence-electron chi connectivity index (χ4n) is 2.87. The highest BCUT2D eigenvalue weighted by Gasteiger charge is 2.45. The summed E-state index contributed by atoms with van der Waals surface area (Å²) in [6.45, 7) is 7.92. The zero-order valence-electron chi connectivity index (χ0n) is 11.9. The van der Waals surface area contributed by atoms with Crippen LogP contribution in [0.1, 0.15) is 31.7 Å². The van der Waals surface area contributed by atoms with Gasteiger partial charge in [-0.15, -0.1) is 11.6 Å². The number of halogens is 1. The Balaban J connectivity index is 2.02. The molecule has 1 fully saturated rings. The van der Waals surface area contributed by atoms with Gasteiger partial charge < -0.3 is 4.57 Å². The number of benzene rings is 1. The minimum Gasteiger partial charge on any atom is -0.328 e. The number of aromatic nitrogens is 2. The third-order valence-electron chi connectivity index (χ3n) is 4.42. The van der Waals surface area contributed by atoms with Crippen LogP contribution in [0, 0.1) is 18.3 Å². The Morgan fingerprint density at radius 1 is 1.42 bits per heavy atom. The summed E-state index contributed by atoms with van der Waals surface area (Å²) in [4.78, 5) is 4.75. The van der Waals surface area contributed by atoms with Crippen LogP contribution in [0.15, 0.2) is 18.2 Å². The minimum absolute atomic E-state index is 0.499. The van der Waals surface area contributed by atoms with Crippen LogP contribution >= 0.6 is 11.6 Å². The molecule has 1 aliphatic rings. The molecule has 1 aliphatic carbocycles. The molecule has 1 atom stereocenters. The van der Waals surface area contributed by atoms with Crippen molar-refractivity contribution >= 4 is 22.6 Å². The number of hydrogen-bond acceptors (Lipinski definition) is 1. The highest BCUT2D eigenvalue weighted by molar-refractivity contribution is 6.17. The molecule has 1 aromatic carbocycles. The molecule has 0 aliphatic heterocycles. The smallest absolute Gasteiger partial charge is 0.111 e. The molecule has 102 valence electrons. The quantitative estimate of drug-likeness (QED) is 0.767. The molecule has 1 aromatic heterocycles. The summed E-state index contributed by atoms with van der Waals surface area (Å²) >= 11 is 5.92. The molecule has 2 nitrogen and oxygen atoms in total. The van der Waals surface area contributed by atoms with Crippen molar-refractivity contribution in [2.24, 2.45) is 11.3 Å². The maximum Gasteiger partial charge on any atom is 0.111 e. The summed E-state index contributed by atoms with van der Waals surface area (Å²) in [5, 5.41) is 0. The molecule has 1 unspecified atom stereocenters. The molecular formula is C16H21ClN2. The first-order valence-electron chi connectivity index (χ1n) is 7.03. The number of hydrogen-bond donors (Lipinski definition) is 0. The van der Waals surface area contributed by atoms with Gasteiger partial charge in [0.25, 0.3) is 0 Å². The minimum atomic E-state index is 0.499. The fourth-order valence-corrected chi connectivity index (χ4v) is 3.04. The van der Waals surface area contributed by atoms with Gasteiger partial charge in [0.1, 0.15) is 5.82 Å². The number of rotatable bonds is 4. The molecule has 0 saturated heterocycles. The number of aryl methyl sites for hydroxylation is 2. The van der Waals surface area contributed by atoms with E-state index in [-0.39, 0.29) is 0 Å². The zero-order valence-corrected chi connectivity index (χ0v) is 12.7. The molecule has 0 spiro atoms. The van der Waals surface area contributed by atoms with E-state index in [0.717, 1.165) is 30.2 Å². The average Bonchev–Trinajstić information content (AvgIpc) is 2.80. The third kappa shape index (κ3) is 2.38. The lowest BCUT2D eigenvalue weighted by atomic mass is 10.1. The molecule has 0 amide bonds. The highest BCUT2D eigenvalue weighted by atomic mass is 35.5. The fraction of sp³-hybridized carbons (Fsp3) is 0.562. The molecule has 0 radical (unpaired) electrons. The SMILES string of the molecule is Cc1ccc2nc(CCCl)n(CC3CC3(C)C)c2c1. The lowest BCUT2D eigenvalue weighted by Gasteiger charge is -2.10. The van der Waals surface area contributed by atoms with Crippen molar-refractivity contribution < 1.29 is 0 Å². The van der Waals surface area contributed by atoms with Crippen LogP contribution in [-0.4, -0.2) is 15.4 Å². The van der Waals surface area contributed by atoms with E-state index in [1.807, 2.05) is 0 Å². The van der Waals surface area contributed by atoms with Gasteiger partial charge in [-0.2, -0.15) is 0 Å². The molecule has 1 heterocycles. The lowest BCUT2D eigenvalue weighted by Crippen LogP contribution is -2.08. The lowest BCUT2D eigenvalue weighted by molar-refractivity contribution is 0.496. The van der Waals surface area contributed by atoms with E-state index in [1.165, 1.54) is 17.5 Å². The summed E-state index contributed by atoms with van der Waals surface area (Å²) in [5.41, 5.74) is 4.16. The number of imidazole rings is 1. The Bertz CT molecular complexity index is 612. The van der Waals surface area contributed by atoms with Gasteiger partial charge in [0.15, 0.2) is 0 Å².